The zero-order valence-corrected chi connectivity index (χ0v) is 13.7. The van der Waals surface area contributed by atoms with E-state index in [1.165, 1.54) is 29.9 Å². The Morgan fingerprint density at radius 3 is 2.58 bits per heavy atom. The van der Waals surface area contributed by atoms with Crippen LogP contribution in [0.2, 0.25) is 0 Å². The minimum atomic E-state index is -0.690. The van der Waals surface area contributed by atoms with E-state index in [1.54, 1.807) is 12.1 Å². The molecule has 0 spiro atoms. The van der Waals surface area contributed by atoms with E-state index in [2.05, 4.69) is 10.4 Å². The van der Waals surface area contributed by atoms with Gasteiger partial charge in [-0.15, -0.1) is 0 Å². The number of halogens is 2. The number of aryl methyl sites for hydroxylation is 1. The Balaban J connectivity index is 1.93. The van der Waals surface area contributed by atoms with E-state index < -0.39 is 23.4 Å². The van der Waals surface area contributed by atoms with Crippen molar-refractivity contribution in [2.75, 3.05) is 5.32 Å². The second-order valence-corrected chi connectivity index (χ2v) is 5.53. The highest BCUT2D eigenvalue weighted by Gasteiger charge is 2.18. The summed E-state index contributed by atoms with van der Waals surface area (Å²) in [6, 6.07) is 10.6. The quantitative estimate of drug-likeness (QED) is 0.753. The molecule has 0 saturated heterocycles. The Morgan fingerprint density at radius 1 is 1.12 bits per heavy atom. The average Bonchev–Trinajstić information content (AvgIpc) is 2.99. The van der Waals surface area contributed by atoms with Gasteiger partial charge in [0.2, 0.25) is 0 Å². The van der Waals surface area contributed by atoms with Crippen LogP contribution in [0.4, 0.5) is 14.5 Å². The van der Waals surface area contributed by atoms with E-state index in [4.69, 9.17) is 5.73 Å². The van der Waals surface area contributed by atoms with Crippen molar-refractivity contribution in [3.8, 4) is 11.3 Å². The van der Waals surface area contributed by atoms with E-state index >= 15 is 0 Å². The molecule has 0 aliphatic carbocycles. The van der Waals surface area contributed by atoms with Crippen molar-refractivity contribution in [2.24, 2.45) is 12.8 Å². The number of primary amides is 1. The van der Waals surface area contributed by atoms with Crippen molar-refractivity contribution >= 4 is 17.5 Å². The number of amides is 2. The number of carbonyl (C=O) groups excluding carboxylic acids is 2. The summed E-state index contributed by atoms with van der Waals surface area (Å²) in [6.07, 6.45) is 0. The first kappa shape index (κ1) is 17.3. The van der Waals surface area contributed by atoms with Crippen LogP contribution < -0.4 is 11.1 Å². The number of aromatic nitrogens is 2. The Morgan fingerprint density at radius 2 is 1.85 bits per heavy atom. The predicted octanol–water partition coefficient (Wildman–Crippen LogP) is 2.72. The van der Waals surface area contributed by atoms with Crippen LogP contribution in [-0.4, -0.2) is 21.6 Å². The van der Waals surface area contributed by atoms with E-state index in [0.29, 0.717) is 0 Å². The molecule has 3 N–H and O–H groups in total. The summed E-state index contributed by atoms with van der Waals surface area (Å²) in [5.74, 6) is -2.55. The summed E-state index contributed by atoms with van der Waals surface area (Å²) in [5.41, 5.74) is 5.85. The van der Waals surface area contributed by atoms with E-state index in [0.717, 1.165) is 18.2 Å². The van der Waals surface area contributed by atoms with Gasteiger partial charge >= 0.3 is 0 Å². The van der Waals surface area contributed by atoms with Gasteiger partial charge in [-0.25, -0.2) is 8.78 Å². The molecule has 0 saturated carbocycles. The fourth-order valence-electron chi connectivity index (χ4n) is 2.52. The van der Waals surface area contributed by atoms with Gasteiger partial charge in [0.05, 0.1) is 16.9 Å². The minimum Gasteiger partial charge on any atom is -0.366 e. The van der Waals surface area contributed by atoms with Crippen LogP contribution in [0.3, 0.4) is 0 Å². The second kappa shape index (κ2) is 6.75. The lowest BCUT2D eigenvalue weighted by atomic mass is 10.1. The van der Waals surface area contributed by atoms with Crippen molar-refractivity contribution in [1.29, 1.82) is 0 Å². The lowest BCUT2D eigenvalue weighted by molar-refractivity contribution is 0.100. The fourth-order valence-corrected chi connectivity index (χ4v) is 2.52. The standard InChI is InChI=1S/C18H14F2N4O2/c1-24-16(12-8-10(19)6-7-13(12)20)9-15(23-24)18(26)22-14-5-3-2-4-11(14)17(21)25/h2-9H,1H3,(H2,21,25)(H,22,26). The molecule has 0 aliphatic rings. The summed E-state index contributed by atoms with van der Waals surface area (Å²) < 4.78 is 28.7. The monoisotopic (exact) mass is 356 g/mol. The van der Waals surface area contributed by atoms with Gasteiger partial charge in [-0.3, -0.25) is 14.3 Å². The first-order valence-electron chi connectivity index (χ1n) is 7.56. The Bertz CT molecular complexity index is 1010. The summed E-state index contributed by atoms with van der Waals surface area (Å²) in [4.78, 5) is 23.9. The number of para-hydroxylation sites is 1. The molecular weight excluding hydrogens is 342 g/mol. The SMILES string of the molecule is Cn1nc(C(=O)Nc2ccccc2C(N)=O)cc1-c1cc(F)ccc1F. The number of anilines is 1. The molecule has 1 heterocycles. The molecule has 3 aromatic rings. The number of benzene rings is 2. The van der Waals surface area contributed by atoms with Crippen LogP contribution in [0.1, 0.15) is 20.8 Å². The molecule has 3 rings (SSSR count). The van der Waals surface area contributed by atoms with Gasteiger partial charge < -0.3 is 11.1 Å². The molecule has 8 heteroatoms. The number of carbonyl (C=O) groups is 2. The van der Waals surface area contributed by atoms with Gasteiger partial charge in [-0.05, 0) is 36.4 Å². The van der Waals surface area contributed by atoms with Crippen molar-refractivity contribution in [3.05, 3.63) is 71.4 Å². The van der Waals surface area contributed by atoms with Crippen molar-refractivity contribution in [1.82, 2.24) is 9.78 Å². The molecule has 2 aromatic carbocycles. The molecule has 0 radical (unpaired) electrons. The van der Waals surface area contributed by atoms with Gasteiger partial charge in [0.15, 0.2) is 5.69 Å². The number of nitrogens with zero attached hydrogens (tertiary/aromatic N) is 2. The van der Waals surface area contributed by atoms with E-state index in [-0.39, 0.29) is 28.2 Å². The van der Waals surface area contributed by atoms with Crippen LogP contribution in [0.5, 0.6) is 0 Å². The molecule has 1 aromatic heterocycles. The third-order valence-electron chi connectivity index (χ3n) is 3.76. The molecule has 2 amide bonds. The van der Waals surface area contributed by atoms with E-state index in [1.807, 2.05) is 0 Å². The highest BCUT2D eigenvalue weighted by Crippen LogP contribution is 2.25. The Hall–Kier alpha value is -3.55. The number of nitrogens with two attached hydrogens (primary N) is 1. The maximum atomic E-state index is 14.0. The third kappa shape index (κ3) is 3.30. The zero-order chi connectivity index (χ0) is 18.8. The molecule has 132 valence electrons. The summed E-state index contributed by atoms with van der Waals surface area (Å²) >= 11 is 0. The van der Waals surface area contributed by atoms with Crippen molar-refractivity contribution in [2.45, 2.75) is 0 Å². The number of hydrogen-bond acceptors (Lipinski definition) is 3. The van der Waals surface area contributed by atoms with Gasteiger partial charge in [0.1, 0.15) is 11.6 Å². The lowest BCUT2D eigenvalue weighted by Gasteiger charge is -2.07. The maximum absolute atomic E-state index is 14.0. The van der Waals surface area contributed by atoms with Crippen LogP contribution >= 0.6 is 0 Å². The van der Waals surface area contributed by atoms with Crippen molar-refractivity contribution in [3.63, 3.8) is 0 Å². The van der Waals surface area contributed by atoms with Crippen molar-refractivity contribution < 1.29 is 18.4 Å². The molecule has 0 atom stereocenters. The average molecular weight is 356 g/mol. The maximum Gasteiger partial charge on any atom is 0.276 e. The Kier molecular flexibility index (Phi) is 4.49. The fraction of sp³-hybridized carbons (Fsp3) is 0.0556. The smallest absolute Gasteiger partial charge is 0.276 e. The first-order chi connectivity index (χ1) is 12.4. The largest absolute Gasteiger partial charge is 0.366 e. The zero-order valence-electron chi connectivity index (χ0n) is 13.7. The van der Waals surface area contributed by atoms with Crippen LogP contribution in [0.15, 0.2) is 48.5 Å². The molecule has 0 bridgehead atoms. The highest BCUT2D eigenvalue weighted by atomic mass is 19.1. The third-order valence-corrected chi connectivity index (χ3v) is 3.76. The van der Waals surface area contributed by atoms with Gasteiger partial charge in [-0.1, -0.05) is 12.1 Å². The lowest BCUT2D eigenvalue weighted by Crippen LogP contribution is -2.18. The number of nitrogens with one attached hydrogen (secondary N) is 1. The Labute approximate surface area is 147 Å². The summed E-state index contributed by atoms with van der Waals surface area (Å²) in [5, 5.41) is 6.57. The first-order valence-corrected chi connectivity index (χ1v) is 7.56. The predicted molar refractivity (Wildman–Crippen MR) is 91.5 cm³/mol. The second-order valence-electron chi connectivity index (χ2n) is 5.53. The van der Waals surface area contributed by atoms with Crippen LogP contribution in [-0.2, 0) is 7.05 Å². The van der Waals surface area contributed by atoms with E-state index in [9.17, 15) is 18.4 Å². The molecule has 26 heavy (non-hydrogen) atoms. The topological polar surface area (TPSA) is 90.0 Å². The molecule has 6 nitrogen and oxygen atoms in total. The minimum absolute atomic E-state index is 0.0170. The van der Waals surface area contributed by atoms with Gasteiger partial charge in [0.25, 0.3) is 11.8 Å². The normalized spacial score (nSPS) is 10.6. The summed E-state index contributed by atoms with van der Waals surface area (Å²) in [6.45, 7) is 0. The van der Waals surface area contributed by atoms with Crippen LogP contribution in [0.25, 0.3) is 11.3 Å². The number of hydrogen-bond donors (Lipinski definition) is 2. The molecule has 0 fully saturated rings. The van der Waals surface area contributed by atoms with Crippen LogP contribution in [0, 0.1) is 11.6 Å². The highest BCUT2D eigenvalue weighted by molar-refractivity contribution is 6.08. The molecule has 0 aliphatic heterocycles. The van der Waals surface area contributed by atoms with Gasteiger partial charge in [0, 0.05) is 12.6 Å². The molecular formula is C18H14F2N4O2. The number of rotatable bonds is 4. The van der Waals surface area contributed by atoms with Gasteiger partial charge in [-0.2, -0.15) is 5.10 Å². The molecule has 0 unspecified atom stereocenters. The summed E-state index contributed by atoms with van der Waals surface area (Å²) in [7, 11) is 1.51.